The second-order valence-corrected chi connectivity index (χ2v) is 8.91. The van der Waals surface area contributed by atoms with Crippen molar-refractivity contribution in [3.8, 4) is 12.8 Å². The molecular formula is C23H35NO3. The molecule has 27 heavy (non-hydrogen) atoms. The molecule has 4 rings (SSSR count). The van der Waals surface area contributed by atoms with Gasteiger partial charge in [-0.1, -0.05) is 27.4 Å². The van der Waals surface area contributed by atoms with Gasteiger partial charge in [0.1, 0.15) is 0 Å². The van der Waals surface area contributed by atoms with E-state index in [1.54, 1.807) is 6.08 Å². The molecule has 4 aliphatic rings. The molecule has 0 aromatic rings. The summed E-state index contributed by atoms with van der Waals surface area (Å²) in [6.45, 7) is 4.66. The number of carbonyl (C=O) groups is 2. The summed E-state index contributed by atoms with van der Waals surface area (Å²) in [6.07, 6.45) is 18.5. The minimum absolute atomic E-state index is 0. The number of hydrogen-bond acceptors (Lipinski definition) is 3. The van der Waals surface area contributed by atoms with Crippen LogP contribution in [0.25, 0.3) is 0 Å². The first-order chi connectivity index (χ1) is 12.4. The number of ether oxygens (including phenoxy) is 1. The van der Waals surface area contributed by atoms with Gasteiger partial charge in [-0.3, -0.25) is 9.59 Å². The largest absolute Gasteiger partial charge is 0.469 e. The van der Waals surface area contributed by atoms with Crippen LogP contribution in [0.15, 0.2) is 12.2 Å². The van der Waals surface area contributed by atoms with Crippen LogP contribution in [0.4, 0.5) is 0 Å². The molecule has 0 saturated heterocycles. The zero-order valence-corrected chi connectivity index (χ0v) is 16.2. The number of hydrogen-bond donors (Lipinski definition) is 1. The fraction of sp³-hybridized carbons (Fsp3) is 0.739. The monoisotopic (exact) mass is 373 g/mol. The van der Waals surface area contributed by atoms with Gasteiger partial charge in [0.25, 0.3) is 0 Å². The molecule has 3 saturated carbocycles. The van der Waals surface area contributed by atoms with E-state index in [-0.39, 0.29) is 42.1 Å². The highest BCUT2D eigenvalue weighted by Gasteiger charge is 2.61. The molecule has 0 aromatic carbocycles. The first-order valence-corrected chi connectivity index (χ1v) is 9.81. The Bertz CT molecular complexity index is 639. The molecule has 0 bridgehead atoms. The van der Waals surface area contributed by atoms with E-state index in [4.69, 9.17) is 4.74 Å². The first-order valence-electron chi connectivity index (χ1n) is 9.81. The van der Waals surface area contributed by atoms with Crippen LogP contribution in [0.1, 0.15) is 59.8 Å². The number of esters is 1. The highest BCUT2D eigenvalue weighted by Crippen LogP contribution is 2.65. The lowest BCUT2D eigenvalue weighted by Gasteiger charge is -2.58. The summed E-state index contributed by atoms with van der Waals surface area (Å²) in [5.41, 5.74) is 0.167. The van der Waals surface area contributed by atoms with Crippen molar-refractivity contribution in [1.29, 1.82) is 0 Å². The minimum atomic E-state index is -0.0110. The van der Waals surface area contributed by atoms with Crippen LogP contribution < -0.4 is 5.32 Å². The highest BCUT2D eigenvalue weighted by molar-refractivity contribution is 5.89. The van der Waals surface area contributed by atoms with Crippen molar-refractivity contribution >= 4 is 11.9 Å². The van der Waals surface area contributed by atoms with Gasteiger partial charge in [-0.05, 0) is 67.8 Å². The van der Waals surface area contributed by atoms with Gasteiger partial charge in [0.05, 0.1) is 13.0 Å². The number of terminal acetylenes is 1. The zero-order valence-electron chi connectivity index (χ0n) is 16.2. The Morgan fingerprint density at radius 2 is 1.85 bits per heavy atom. The van der Waals surface area contributed by atoms with Gasteiger partial charge < -0.3 is 10.1 Å². The van der Waals surface area contributed by atoms with Crippen molar-refractivity contribution in [3.63, 3.8) is 0 Å². The van der Waals surface area contributed by atoms with Gasteiger partial charge in [0.15, 0.2) is 0 Å². The number of amides is 1. The first kappa shape index (κ1) is 21.5. The third kappa shape index (κ3) is 3.10. The van der Waals surface area contributed by atoms with Crippen LogP contribution in [0, 0.1) is 47.3 Å². The number of carbonyl (C=O) groups excluding carboxylic acids is 2. The van der Waals surface area contributed by atoms with Gasteiger partial charge in [-0.2, -0.15) is 0 Å². The third-order valence-corrected chi connectivity index (χ3v) is 8.17. The van der Waals surface area contributed by atoms with Crippen molar-refractivity contribution in [3.05, 3.63) is 12.2 Å². The lowest BCUT2D eigenvalue weighted by atomic mass is 9.48. The predicted octanol–water partition coefficient (Wildman–Crippen LogP) is 3.96. The summed E-state index contributed by atoms with van der Waals surface area (Å²) in [5.74, 6) is 2.01. The second-order valence-electron chi connectivity index (χ2n) is 8.91. The van der Waals surface area contributed by atoms with Crippen molar-refractivity contribution in [2.24, 2.45) is 34.5 Å². The van der Waals surface area contributed by atoms with Crippen molar-refractivity contribution in [2.45, 2.75) is 65.8 Å². The van der Waals surface area contributed by atoms with Crippen LogP contribution in [-0.2, 0) is 14.3 Å². The molecule has 0 radical (unpaired) electrons. The summed E-state index contributed by atoms with van der Waals surface area (Å²) < 4.78 is 5.10. The SMILES string of the molecule is C.C#C.COC(=O)[C@H]1CCC2C3CCC4NC(=O)C=CC4(C)C3CC[C@@]21C. The molecule has 1 aliphatic heterocycles. The van der Waals surface area contributed by atoms with Gasteiger partial charge >= 0.3 is 5.97 Å². The summed E-state index contributed by atoms with van der Waals surface area (Å²) in [5, 5.41) is 3.20. The summed E-state index contributed by atoms with van der Waals surface area (Å²) in [4.78, 5) is 24.0. The molecule has 1 heterocycles. The lowest BCUT2D eigenvalue weighted by molar-refractivity contribution is -0.153. The number of nitrogens with one attached hydrogen (secondary N) is 1. The van der Waals surface area contributed by atoms with Gasteiger partial charge in [-0.15, -0.1) is 12.8 Å². The Kier molecular flexibility index (Phi) is 6.14. The maximum absolute atomic E-state index is 12.3. The molecule has 3 aliphatic carbocycles. The van der Waals surface area contributed by atoms with E-state index in [9.17, 15) is 9.59 Å². The smallest absolute Gasteiger partial charge is 0.309 e. The van der Waals surface area contributed by atoms with Crippen molar-refractivity contribution in [2.75, 3.05) is 7.11 Å². The summed E-state index contributed by atoms with van der Waals surface area (Å²) in [6, 6.07) is 0.276. The number of fused-ring (bicyclic) bond motifs is 5. The van der Waals surface area contributed by atoms with Crippen LogP contribution in [-0.4, -0.2) is 25.0 Å². The van der Waals surface area contributed by atoms with Gasteiger partial charge in [0, 0.05) is 11.5 Å². The number of methoxy groups -OCH3 is 1. The molecule has 5 unspecified atom stereocenters. The van der Waals surface area contributed by atoms with E-state index >= 15 is 0 Å². The van der Waals surface area contributed by atoms with Crippen LogP contribution in [0.2, 0.25) is 0 Å². The highest BCUT2D eigenvalue weighted by atomic mass is 16.5. The maximum Gasteiger partial charge on any atom is 0.309 e. The summed E-state index contributed by atoms with van der Waals surface area (Å²) in [7, 11) is 1.52. The van der Waals surface area contributed by atoms with Gasteiger partial charge in [0.2, 0.25) is 5.91 Å². The van der Waals surface area contributed by atoms with Crippen LogP contribution in [0.3, 0.4) is 0 Å². The number of rotatable bonds is 1. The molecule has 0 aromatic heterocycles. The van der Waals surface area contributed by atoms with E-state index in [1.807, 2.05) is 0 Å². The van der Waals surface area contributed by atoms with E-state index in [0.717, 1.165) is 32.1 Å². The molecular weight excluding hydrogens is 338 g/mol. The van der Waals surface area contributed by atoms with Crippen LogP contribution >= 0.6 is 0 Å². The van der Waals surface area contributed by atoms with Gasteiger partial charge in [-0.25, -0.2) is 0 Å². The topological polar surface area (TPSA) is 55.4 Å². The normalized spacial score (nSPS) is 44.2. The fourth-order valence-electron chi connectivity index (χ4n) is 6.86. The molecule has 3 fully saturated rings. The average Bonchev–Trinajstić information content (AvgIpc) is 3.00. The second kappa shape index (κ2) is 7.70. The summed E-state index contributed by atoms with van der Waals surface area (Å²) >= 11 is 0. The quantitative estimate of drug-likeness (QED) is 0.559. The predicted molar refractivity (Wildman–Crippen MR) is 108 cm³/mol. The molecule has 4 nitrogen and oxygen atoms in total. The third-order valence-electron chi connectivity index (χ3n) is 8.17. The van der Waals surface area contributed by atoms with Crippen molar-refractivity contribution < 1.29 is 14.3 Å². The Labute approximate surface area is 164 Å². The fourth-order valence-corrected chi connectivity index (χ4v) is 6.86. The molecule has 1 amide bonds. The lowest BCUT2D eigenvalue weighted by Crippen LogP contribution is -2.59. The minimum Gasteiger partial charge on any atom is -0.469 e. The molecule has 0 spiro atoms. The molecule has 4 heteroatoms. The van der Waals surface area contributed by atoms with E-state index in [1.165, 1.54) is 13.5 Å². The zero-order chi connectivity index (χ0) is 19.1. The van der Waals surface area contributed by atoms with E-state index in [2.05, 4.69) is 38.1 Å². The Morgan fingerprint density at radius 3 is 2.52 bits per heavy atom. The van der Waals surface area contributed by atoms with E-state index < -0.39 is 0 Å². The van der Waals surface area contributed by atoms with Crippen LogP contribution in [0.5, 0.6) is 0 Å². The molecule has 1 N–H and O–H groups in total. The Morgan fingerprint density at radius 1 is 1.15 bits per heavy atom. The van der Waals surface area contributed by atoms with E-state index in [0.29, 0.717) is 17.8 Å². The molecule has 150 valence electrons. The molecule has 7 atom stereocenters. The maximum atomic E-state index is 12.3. The Hall–Kier alpha value is -1.76. The Balaban J connectivity index is 0.000000844. The average molecular weight is 374 g/mol. The van der Waals surface area contributed by atoms with Crippen molar-refractivity contribution in [1.82, 2.24) is 5.32 Å². The standard InChI is InChI=1S/C20H29NO3.C2H2.CH4/c1-19-10-8-14-12(13(19)5-6-15(19)18(23)24-3)4-7-16-20(14,2)11-9-17(22)21-16;1-2;/h9,11-16H,4-8,10H2,1-3H3,(H,21,22);1-2H;1H4/t12?,13?,14?,15-,16?,19+,20?;;/m1../s1.